The van der Waals surface area contributed by atoms with Gasteiger partial charge in [-0.1, -0.05) is 41.1 Å². The molecule has 3 heteroatoms. The molecule has 92 valence electrons. The Morgan fingerprint density at radius 1 is 1.41 bits per heavy atom. The summed E-state index contributed by atoms with van der Waals surface area (Å²) in [6, 6.07) is 8.21. The van der Waals surface area contributed by atoms with Crippen LogP contribution < -0.4 is 0 Å². The molecule has 1 rings (SSSR count). The summed E-state index contributed by atoms with van der Waals surface area (Å²) in [4.78, 5) is 11.1. The smallest absolute Gasteiger partial charge is 0.330 e. The van der Waals surface area contributed by atoms with Crippen LogP contribution >= 0.6 is 15.9 Å². The minimum atomic E-state index is -0.268. The average molecular weight is 297 g/mol. The van der Waals surface area contributed by atoms with Crippen LogP contribution in [-0.4, -0.2) is 12.6 Å². The van der Waals surface area contributed by atoms with Crippen LogP contribution in [0, 0.1) is 5.92 Å². The lowest BCUT2D eigenvalue weighted by Crippen LogP contribution is -2.01. The van der Waals surface area contributed by atoms with Crippen molar-refractivity contribution in [3.05, 3.63) is 46.5 Å². The van der Waals surface area contributed by atoms with Crippen molar-refractivity contribution >= 4 is 21.9 Å². The molecule has 1 aromatic rings. The van der Waals surface area contributed by atoms with E-state index >= 15 is 0 Å². The number of carbonyl (C=O) groups is 1. The van der Waals surface area contributed by atoms with E-state index in [9.17, 15) is 4.79 Å². The molecule has 0 unspecified atom stereocenters. The van der Waals surface area contributed by atoms with E-state index in [0.29, 0.717) is 12.5 Å². The Labute approximate surface area is 111 Å². The Kier molecular flexibility index (Phi) is 5.98. The van der Waals surface area contributed by atoms with Gasteiger partial charge in [-0.15, -0.1) is 0 Å². The van der Waals surface area contributed by atoms with E-state index in [2.05, 4.69) is 35.0 Å². The van der Waals surface area contributed by atoms with Crippen molar-refractivity contribution in [2.75, 3.05) is 6.61 Å². The number of ether oxygens (including phenoxy) is 1. The van der Waals surface area contributed by atoms with Gasteiger partial charge >= 0.3 is 5.97 Å². The van der Waals surface area contributed by atoms with Gasteiger partial charge in [-0.2, -0.15) is 0 Å². The molecule has 17 heavy (non-hydrogen) atoms. The standard InChI is InChI=1S/C14H17BrO2/c1-3-17-14(16)9-4-11(2)10-12-5-7-13(15)8-6-12/h4-9,11H,3,10H2,1-2H3/b9-4+/t11-/m1/s1. The Balaban J connectivity index is 2.46. The molecular formula is C14H17BrO2. The summed E-state index contributed by atoms with van der Waals surface area (Å²) >= 11 is 3.40. The van der Waals surface area contributed by atoms with Gasteiger partial charge in [0.15, 0.2) is 0 Å². The lowest BCUT2D eigenvalue weighted by atomic mass is 10.0. The quantitative estimate of drug-likeness (QED) is 0.611. The minimum absolute atomic E-state index is 0.268. The predicted molar refractivity (Wildman–Crippen MR) is 72.8 cm³/mol. The summed E-state index contributed by atoms with van der Waals surface area (Å²) in [5, 5.41) is 0. The SMILES string of the molecule is CCOC(=O)/C=C/[C@@H](C)Cc1ccc(Br)cc1. The van der Waals surface area contributed by atoms with E-state index in [1.807, 2.05) is 18.2 Å². The van der Waals surface area contributed by atoms with Crippen molar-refractivity contribution in [3.8, 4) is 0 Å². The van der Waals surface area contributed by atoms with Gasteiger partial charge in [-0.25, -0.2) is 4.79 Å². The third-order valence-electron chi connectivity index (χ3n) is 2.32. The first-order valence-electron chi connectivity index (χ1n) is 5.71. The van der Waals surface area contributed by atoms with Crippen molar-refractivity contribution in [1.82, 2.24) is 0 Å². The number of esters is 1. The molecule has 0 bridgehead atoms. The molecule has 0 N–H and O–H groups in total. The van der Waals surface area contributed by atoms with Gasteiger partial charge in [0.25, 0.3) is 0 Å². The van der Waals surface area contributed by atoms with Crippen molar-refractivity contribution in [2.24, 2.45) is 5.92 Å². The Morgan fingerprint density at radius 2 is 2.06 bits per heavy atom. The molecule has 0 fully saturated rings. The molecule has 0 saturated heterocycles. The summed E-state index contributed by atoms with van der Waals surface area (Å²) in [5.41, 5.74) is 1.26. The second kappa shape index (κ2) is 7.28. The van der Waals surface area contributed by atoms with Crippen molar-refractivity contribution < 1.29 is 9.53 Å². The van der Waals surface area contributed by atoms with Gasteiger partial charge in [0, 0.05) is 10.5 Å². The lowest BCUT2D eigenvalue weighted by molar-refractivity contribution is -0.137. The second-order valence-electron chi connectivity index (χ2n) is 3.92. The highest BCUT2D eigenvalue weighted by molar-refractivity contribution is 9.10. The number of halogens is 1. The van der Waals surface area contributed by atoms with Crippen LogP contribution in [0.15, 0.2) is 40.9 Å². The predicted octanol–water partition coefficient (Wildman–Crippen LogP) is 3.75. The summed E-state index contributed by atoms with van der Waals surface area (Å²) in [7, 11) is 0. The molecule has 0 heterocycles. The molecule has 1 atom stereocenters. The van der Waals surface area contributed by atoms with Gasteiger partial charge in [0.1, 0.15) is 0 Å². The summed E-state index contributed by atoms with van der Waals surface area (Å²) < 4.78 is 5.91. The molecule has 0 radical (unpaired) electrons. The van der Waals surface area contributed by atoms with E-state index in [1.54, 1.807) is 6.92 Å². The fraction of sp³-hybridized carbons (Fsp3) is 0.357. The van der Waals surface area contributed by atoms with Crippen LogP contribution in [0.3, 0.4) is 0 Å². The van der Waals surface area contributed by atoms with Gasteiger partial charge in [-0.05, 0) is 37.0 Å². The first-order valence-corrected chi connectivity index (χ1v) is 6.50. The van der Waals surface area contributed by atoms with Gasteiger partial charge in [0.05, 0.1) is 6.61 Å². The number of allylic oxidation sites excluding steroid dienone is 1. The molecule has 0 amide bonds. The third-order valence-corrected chi connectivity index (χ3v) is 2.85. The topological polar surface area (TPSA) is 26.3 Å². The van der Waals surface area contributed by atoms with Crippen molar-refractivity contribution in [2.45, 2.75) is 20.3 Å². The summed E-state index contributed by atoms with van der Waals surface area (Å²) in [6.07, 6.45) is 4.32. The first kappa shape index (κ1) is 14.0. The van der Waals surface area contributed by atoms with Crippen molar-refractivity contribution in [1.29, 1.82) is 0 Å². The highest BCUT2D eigenvalue weighted by Gasteiger charge is 2.01. The Hall–Kier alpha value is -1.09. The van der Waals surface area contributed by atoms with E-state index in [4.69, 9.17) is 4.74 Å². The zero-order valence-corrected chi connectivity index (χ0v) is 11.7. The number of rotatable bonds is 5. The highest BCUT2D eigenvalue weighted by atomic mass is 79.9. The van der Waals surface area contributed by atoms with Crippen LogP contribution in [0.2, 0.25) is 0 Å². The maximum Gasteiger partial charge on any atom is 0.330 e. The maximum atomic E-state index is 11.1. The average Bonchev–Trinajstić information content (AvgIpc) is 2.30. The van der Waals surface area contributed by atoms with Gasteiger partial charge in [0.2, 0.25) is 0 Å². The molecule has 1 aromatic carbocycles. The van der Waals surface area contributed by atoms with E-state index in [-0.39, 0.29) is 5.97 Å². The van der Waals surface area contributed by atoms with E-state index in [0.717, 1.165) is 10.9 Å². The molecule has 0 aromatic heterocycles. The largest absolute Gasteiger partial charge is 0.463 e. The van der Waals surface area contributed by atoms with Crippen LogP contribution in [0.25, 0.3) is 0 Å². The van der Waals surface area contributed by atoms with Crippen LogP contribution in [0.4, 0.5) is 0 Å². The number of hydrogen-bond donors (Lipinski definition) is 0. The van der Waals surface area contributed by atoms with Gasteiger partial charge in [-0.3, -0.25) is 0 Å². The molecule has 0 aliphatic rings. The highest BCUT2D eigenvalue weighted by Crippen LogP contribution is 2.14. The van der Waals surface area contributed by atoms with Crippen LogP contribution in [0.1, 0.15) is 19.4 Å². The minimum Gasteiger partial charge on any atom is -0.463 e. The molecule has 2 nitrogen and oxygen atoms in total. The lowest BCUT2D eigenvalue weighted by Gasteiger charge is -2.06. The molecular weight excluding hydrogens is 280 g/mol. The number of carbonyl (C=O) groups excluding carboxylic acids is 1. The Morgan fingerprint density at radius 3 is 2.65 bits per heavy atom. The fourth-order valence-corrected chi connectivity index (χ4v) is 1.76. The Bertz CT molecular complexity index is 382. The number of hydrogen-bond acceptors (Lipinski definition) is 2. The zero-order chi connectivity index (χ0) is 12.7. The van der Waals surface area contributed by atoms with E-state index in [1.165, 1.54) is 11.6 Å². The normalized spacial score (nSPS) is 12.6. The van der Waals surface area contributed by atoms with Crippen LogP contribution in [0.5, 0.6) is 0 Å². The summed E-state index contributed by atoms with van der Waals surface area (Å²) in [5.74, 6) is 0.0516. The van der Waals surface area contributed by atoms with Crippen LogP contribution in [-0.2, 0) is 16.0 Å². The zero-order valence-electron chi connectivity index (χ0n) is 10.2. The first-order chi connectivity index (χ1) is 8.11. The molecule has 0 aliphatic heterocycles. The van der Waals surface area contributed by atoms with Gasteiger partial charge < -0.3 is 4.74 Å². The third kappa shape index (κ3) is 5.68. The summed E-state index contributed by atoms with van der Waals surface area (Å²) in [6.45, 7) is 4.30. The van der Waals surface area contributed by atoms with E-state index < -0.39 is 0 Å². The second-order valence-corrected chi connectivity index (χ2v) is 4.83. The molecule has 0 saturated carbocycles. The maximum absolute atomic E-state index is 11.1. The fourth-order valence-electron chi connectivity index (χ4n) is 1.49. The molecule has 0 spiro atoms. The number of benzene rings is 1. The molecule has 0 aliphatic carbocycles. The van der Waals surface area contributed by atoms with Crippen molar-refractivity contribution in [3.63, 3.8) is 0 Å². The monoisotopic (exact) mass is 296 g/mol.